The van der Waals surface area contributed by atoms with Crippen molar-refractivity contribution in [1.82, 2.24) is 19.2 Å². The second kappa shape index (κ2) is 5.37. The second-order valence-electron chi connectivity index (χ2n) is 4.97. The minimum atomic E-state index is 0.119. The molecule has 0 radical (unpaired) electrons. The molecule has 5 nitrogen and oxygen atoms in total. The summed E-state index contributed by atoms with van der Waals surface area (Å²) in [6, 6.07) is 7.68. The molecule has 3 aromatic rings. The molecule has 0 aliphatic heterocycles. The molecule has 108 valence electrons. The van der Waals surface area contributed by atoms with Gasteiger partial charge in [-0.1, -0.05) is 17.8 Å². The van der Waals surface area contributed by atoms with Crippen LogP contribution in [0.3, 0.4) is 0 Å². The molecule has 6 heteroatoms. The average Bonchev–Trinajstić information content (AvgIpc) is 3.01. The molecule has 0 aromatic carbocycles. The van der Waals surface area contributed by atoms with Crippen molar-refractivity contribution in [2.75, 3.05) is 5.75 Å². The van der Waals surface area contributed by atoms with Crippen LogP contribution in [0.25, 0.3) is 5.65 Å². The van der Waals surface area contributed by atoms with Crippen LogP contribution in [0.1, 0.15) is 21.7 Å². The molecule has 0 aliphatic carbocycles. The van der Waals surface area contributed by atoms with Crippen LogP contribution in [0, 0.1) is 13.8 Å². The summed E-state index contributed by atoms with van der Waals surface area (Å²) in [6.45, 7) is 3.97. The van der Waals surface area contributed by atoms with E-state index < -0.39 is 0 Å². The van der Waals surface area contributed by atoms with Crippen molar-refractivity contribution in [3.8, 4) is 0 Å². The maximum Gasteiger partial charge on any atom is 0.196 e. The number of rotatable bonds is 4. The van der Waals surface area contributed by atoms with Crippen molar-refractivity contribution in [2.24, 2.45) is 7.05 Å². The van der Waals surface area contributed by atoms with Crippen LogP contribution in [-0.4, -0.2) is 30.7 Å². The van der Waals surface area contributed by atoms with Crippen LogP contribution in [-0.2, 0) is 7.05 Å². The number of hydrogen-bond acceptors (Lipinski definition) is 4. The van der Waals surface area contributed by atoms with Crippen molar-refractivity contribution in [3.05, 3.63) is 47.4 Å². The summed E-state index contributed by atoms with van der Waals surface area (Å²) in [5, 5.41) is 8.95. The van der Waals surface area contributed by atoms with Crippen molar-refractivity contribution in [2.45, 2.75) is 19.0 Å². The average molecular weight is 300 g/mol. The SMILES string of the molecule is Cc1cc(C(=O)CSc2nnc3ccccn23)c(C)n1C. The van der Waals surface area contributed by atoms with Gasteiger partial charge >= 0.3 is 0 Å². The lowest BCUT2D eigenvalue weighted by Gasteiger charge is -2.02. The summed E-state index contributed by atoms with van der Waals surface area (Å²) >= 11 is 1.41. The lowest BCUT2D eigenvalue weighted by Crippen LogP contribution is -2.05. The number of Topliss-reactive ketones (excluding diaryl/α,β-unsaturated/α-hetero) is 1. The molecule has 0 aliphatic rings. The van der Waals surface area contributed by atoms with Gasteiger partial charge in [-0.15, -0.1) is 10.2 Å². The van der Waals surface area contributed by atoms with E-state index in [0.717, 1.165) is 27.8 Å². The molecule has 0 saturated heterocycles. The number of thioether (sulfide) groups is 1. The van der Waals surface area contributed by atoms with Gasteiger partial charge in [0.2, 0.25) is 0 Å². The first-order valence-electron chi connectivity index (χ1n) is 6.66. The number of carbonyl (C=O) groups excluding carboxylic acids is 1. The van der Waals surface area contributed by atoms with E-state index in [1.54, 1.807) is 0 Å². The third kappa shape index (κ3) is 2.47. The molecular formula is C15H16N4OS. The normalized spacial score (nSPS) is 11.2. The summed E-state index contributed by atoms with van der Waals surface area (Å²) in [7, 11) is 1.97. The summed E-state index contributed by atoms with van der Waals surface area (Å²) in [4.78, 5) is 12.4. The number of aryl methyl sites for hydroxylation is 1. The third-order valence-corrected chi connectivity index (χ3v) is 4.63. The minimum absolute atomic E-state index is 0.119. The van der Waals surface area contributed by atoms with Crippen LogP contribution >= 0.6 is 11.8 Å². The molecule has 0 N–H and O–H groups in total. The van der Waals surface area contributed by atoms with E-state index in [1.165, 1.54) is 11.8 Å². The Labute approximate surface area is 127 Å². The van der Waals surface area contributed by atoms with Gasteiger partial charge in [-0.3, -0.25) is 9.20 Å². The smallest absolute Gasteiger partial charge is 0.196 e. The number of pyridine rings is 1. The first-order chi connectivity index (χ1) is 10.1. The molecule has 0 amide bonds. The summed E-state index contributed by atoms with van der Waals surface area (Å²) < 4.78 is 3.92. The van der Waals surface area contributed by atoms with Crippen LogP contribution < -0.4 is 0 Å². The zero-order chi connectivity index (χ0) is 15.0. The van der Waals surface area contributed by atoms with Crippen molar-refractivity contribution < 1.29 is 4.79 Å². The fourth-order valence-electron chi connectivity index (χ4n) is 2.26. The maximum absolute atomic E-state index is 12.4. The Hall–Kier alpha value is -2.08. The number of nitrogens with zero attached hydrogens (tertiary/aromatic N) is 4. The predicted molar refractivity (Wildman–Crippen MR) is 82.9 cm³/mol. The maximum atomic E-state index is 12.4. The van der Waals surface area contributed by atoms with Crippen LogP contribution in [0.4, 0.5) is 0 Å². The Balaban J connectivity index is 1.78. The van der Waals surface area contributed by atoms with E-state index >= 15 is 0 Å². The van der Waals surface area contributed by atoms with Gasteiger partial charge in [-0.05, 0) is 32.0 Å². The highest BCUT2D eigenvalue weighted by Gasteiger charge is 2.15. The Morgan fingerprint density at radius 1 is 1.29 bits per heavy atom. The zero-order valence-corrected chi connectivity index (χ0v) is 13.0. The molecule has 3 heterocycles. The van der Waals surface area contributed by atoms with E-state index in [2.05, 4.69) is 10.2 Å². The summed E-state index contributed by atoms with van der Waals surface area (Å²) in [5.74, 6) is 0.480. The fraction of sp³-hybridized carbons (Fsp3) is 0.267. The van der Waals surface area contributed by atoms with Gasteiger partial charge in [0.25, 0.3) is 0 Å². The van der Waals surface area contributed by atoms with E-state index in [0.29, 0.717) is 5.75 Å². The monoisotopic (exact) mass is 300 g/mol. The summed E-state index contributed by atoms with van der Waals surface area (Å²) in [6.07, 6.45) is 1.90. The molecule has 0 spiro atoms. The van der Waals surface area contributed by atoms with E-state index in [1.807, 2.05) is 60.3 Å². The van der Waals surface area contributed by atoms with Gasteiger partial charge in [0.05, 0.1) is 5.75 Å². The number of carbonyl (C=O) groups is 1. The Morgan fingerprint density at radius 2 is 2.10 bits per heavy atom. The lowest BCUT2D eigenvalue weighted by atomic mass is 10.2. The Morgan fingerprint density at radius 3 is 2.81 bits per heavy atom. The van der Waals surface area contributed by atoms with Crippen molar-refractivity contribution >= 4 is 23.2 Å². The highest BCUT2D eigenvalue weighted by atomic mass is 32.2. The first kappa shape index (κ1) is 13.9. The zero-order valence-electron chi connectivity index (χ0n) is 12.2. The highest BCUT2D eigenvalue weighted by molar-refractivity contribution is 7.99. The van der Waals surface area contributed by atoms with Gasteiger partial charge in [-0.2, -0.15) is 0 Å². The highest BCUT2D eigenvalue weighted by Crippen LogP contribution is 2.20. The van der Waals surface area contributed by atoms with Gasteiger partial charge in [-0.25, -0.2) is 0 Å². The van der Waals surface area contributed by atoms with Crippen LogP contribution in [0.15, 0.2) is 35.6 Å². The van der Waals surface area contributed by atoms with E-state index in [4.69, 9.17) is 0 Å². The molecule has 0 bridgehead atoms. The summed E-state index contributed by atoms with van der Waals surface area (Å²) in [5.41, 5.74) is 3.67. The van der Waals surface area contributed by atoms with Crippen LogP contribution in [0.2, 0.25) is 0 Å². The quantitative estimate of drug-likeness (QED) is 0.549. The van der Waals surface area contributed by atoms with E-state index in [9.17, 15) is 4.79 Å². The van der Waals surface area contributed by atoms with Gasteiger partial charge in [0.15, 0.2) is 16.6 Å². The Bertz CT molecular complexity index is 818. The van der Waals surface area contributed by atoms with Crippen molar-refractivity contribution in [3.63, 3.8) is 0 Å². The molecule has 0 fully saturated rings. The van der Waals surface area contributed by atoms with Gasteiger partial charge in [0, 0.05) is 30.2 Å². The van der Waals surface area contributed by atoms with E-state index in [-0.39, 0.29) is 5.78 Å². The van der Waals surface area contributed by atoms with Crippen LogP contribution in [0.5, 0.6) is 0 Å². The minimum Gasteiger partial charge on any atom is -0.351 e. The molecule has 0 atom stereocenters. The fourth-order valence-corrected chi connectivity index (χ4v) is 3.07. The standard InChI is InChI=1S/C15H16N4OS/c1-10-8-12(11(2)18(10)3)13(20)9-21-15-17-16-14-6-4-5-7-19(14)15/h4-8H,9H2,1-3H3. The third-order valence-electron chi connectivity index (χ3n) is 3.69. The second-order valence-corrected chi connectivity index (χ2v) is 5.91. The molecule has 0 saturated carbocycles. The molecule has 3 aromatic heterocycles. The largest absolute Gasteiger partial charge is 0.351 e. The molecular weight excluding hydrogens is 284 g/mol. The first-order valence-corrected chi connectivity index (χ1v) is 7.65. The molecule has 3 rings (SSSR count). The lowest BCUT2D eigenvalue weighted by molar-refractivity contribution is 0.102. The topological polar surface area (TPSA) is 52.2 Å². The van der Waals surface area contributed by atoms with Gasteiger partial charge < -0.3 is 4.57 Å². The number of aromatic nitrogens is 4. The number of ketones is 1. The molecule has 0 unspecified atom stereocenters. The predicted octanol–water partition coefficient (Wildman–Crippen LogP) is 2.66. The molecule has 21 heavy (non-hydrogen) atoms. The Kier molecular flexibility index (Phi) is 3.55. The van der Waals surface area contributed by atoms with Gasteiger partial charge in [0.1, 0.15) is 0 Å². The number of fused-ring (bicyclic) bond motifs is 1. The van der Waals surface area contributed by atoms with Crippen molar-refractivity contribution in [1.29, 1.82) is 0 Å². The number of hydrogen-bond donors (Lipinski definition) is 0.